The highest BCUT2D eigenvalue weighted by Gasteiger charge is 2.33. The van der Waals surface area contributed by atoms with Crippen LogP contribution in [0.4, 0.5) is 17.6 Å². The summed E-state index contributed by atoms with van der Waals surface area (Å²) < 4.78 is 52.1. The molecule has 0 aromatic heterocycles. The predicted octanol–water partition coefficient (Wildman–Crippen LogP) is 3.32. The van der Waals surface area contributed by atoms with Crippen LogP contribution in [0.15, 0.2) is 24.3 Å². The van der Waals surface area contributed by atoms with Crippen LogP contribution >= 0.6 is 0 Å². The lowest BCUT2D eigenvalue weighted by Gasteiger charge is -2.19. The van der Waals surface area contributed by atoms with E-state index in [9.17, 15) is 22.4 Å². The van der Waals surface area contributed by atoms with Crippen molar-refractivity contribution in [2.75, 3.05) is 26.2 Å². The van der Waals surface area contributed by atoms with Gasteiger partial charge < -0.3 is 10.2 Å². The molecule has 0 saturated carbocycles. The monoisotopic (exact) mass is 356 g/mol. The van der Waals surface area contributed by atoms with Crippen molar-refractivity contribution in [1.29, 1.82) is 0 Å². The highest BCUT2D eigenvalue weighted by Crippen LogP contribution is 2.33. The SMILES string of the molecule is O=C(/C=C/c1ccc(F)cc1C(F)(F)F)N1CC[C@@H]2CNC[C@@H]2CC1. The maximum absolute atomic E-state index is 13.1. The third kappa shape index (κ3) is 4.21. The molecule has 2 aliphatic rings. The van der Waals surface area contributed by atoms with Crippen molar-refractivity contribution in [1.82, 2.24) is 10.2 Å². The van der Waals surface area contributed by atoms with Gasteiger partial charge in [-0.25, -0.2) is 4.39 Å². The van der Waals surface area contributed by atoms with Crippen molar-refractivity contribution < 1.29 is 22.4 Å². The van der Waals surface area contributed by atoms with E-state index in [0.717, 1.165) is 50.2 Å². The van der Waals surface area contributed by atoms with Crippen molar-refractivity contribution in [2.24, 2.45) is 11.8 Å². The number of fused-ring (bicyclic) bond motifs is 1. The summed E-state index contributed by atoms with van der Waals surface area (Å²) in [5.41, 5.74) is -1.29. The number of hydrogen-bond donors (Lipinski definition) is 1. The molecule has 0 radical (unpaired) electrons. The molecule has 3 rings (SSSR count). The Morgan fingerprint density at radius 2 is 1.80 bits per heavy atom. The van der Waals surface area contributed by atoms with E-state index in [0.29, 0.717) is 31.0 Å². The van der Waals surface area contributed by atoms with Crippen LogP contribution in [-0.2, 0) is 11.0 Å². The van der Waals surface area contributed by atoms with Gasteiger partial charge in [0.25, 0.3) is 0 Å². The first kappa shape index (κ1) is 17.9. The summed E-state index contributed by atoms with van der Waals surface area (Å²) in [6.07, 6.45) is -0.583. The number of hydrogen-bond acceptors (Lipinski definition) is 2. The molecule has 0 spiro atoms. The molecule has 1 amide bonds. The Hall–Kier alpha value is -1.89. The van der Waals surface area contributed by atoms with Crippen molar-refractivity contribution in [3.8, 4) is 0 Å². The van der Waals surface area contributed by atoms with Gasteiger partial charge in [0, 0.05) is 19.2 Å². The van der Waals surface area contributed by atoms with Gasteiger partial charge >= 0.3 is 6.18 Å². The largest absolute Gasteiger partial charge is 0.417 e. The van der Waals surface area contributed by atoms with Gasteiger partial charge in [0.05, 0.1) is 5.56 Å². The number of alkyl halides is 3. The lowest BCUT2D eigenvalue weighted by molar-refractivity contribution is -0.138. The maximum atomic E-state index is 13.1. The number of carbonyl (C=O) groups excluding carboxylic acids is 1. The summed E-state index contributed by atoms with van der Waals surface area (Å²) in [5, 5.41) is 3.35. The highest BCUT2D eigenvalue weighted by molar-refractivity contribution is 5.92. The fourth-order valence-corrected chi connectivity index (χ4v) is 3.62. The van der Waals surface area contributed by atoms with Crippen molar-refractivity contribution in [3.63, 3.8) is 0 Å². The summed E-state index contributed by atoms with van der Waals surface area (Å²) in [4.78, 5) is 14.0. The molecule has 2 saturated heterocycles. The first-order chi connectivity index (χ1) is 11.8. The summed E-state index contributed by atoms with van der Waals surface area (Å²) in [6.45, 7) is 3.16. The van der Waals surface area contributed by atoms with Crippen LogP contribution in [-0.4, -0.2) is 37.0 Å². The Morgan fingerprint density at radius 3 is 2.40 bits per heavy atom. The third-order valence-corrected chi connectivity index (χ3v) is 5.06. The fourth-order valence-electron chi connectivity index (χ4n) is 3.62. The maximum Gasteiger partial charge on any atom is 0.417 e. The quantitative estimate of drug-likeness (QED) is 0.651. The average Bonchev–Trinajstić information content (AvgIpc) is 2.91. The number of halogens is 4. The molecule has 0 aliphatic carbocycles. The number of amides is 1. The third-order valence-electron chi connectivity index (χ3n) is 5.06. The second-order valence-corrected chi connectivity index (χ2v) is 6.64. The molecule has 25 heavy (non-hydrogen) atoms. The number of likely N-dealkylation sites (tertiary alicyclic amines) is 1. The highest BCUT2D eigenvalue weighted by atomic mass is 19.4. The van der Waals surface area contributed by atoms with Crippen LogP contribution in [0.25, 0.3) is 6.08 Å². The first-order valence-electron chi connectivity index (χ1n) is 8.39. The zero-order chi connectivity index (χ0) is 18.0. The van der Waals surface area contributed by atoms with Gasteiger partial charge in [0.15, 0.2) is 0 Å². The second kappa shape index (κ2) is 7.15. The van der Waals surface area contributed by atoms with E-state index in [4.69, 9.17) is 0 Å². The summed E-state index contributed by atoms with van der Waals surface area (Å²) in [5.74, 6) is -0.125. The van der Waals surface area contributed by atoms with Gasteiger partial charge in [-0.15, -0.1) is 0 Å². The number of benzene rings is 1. The first-order valence-corrected chi connectivity index (χ1v) is 8.39. The van der Waals surface area contributed by atoms with Crippen LogP contribution in [0.1, 0.15) is 24.0 Å². The van der Waals surface area contributed by atoms with Crippen LogP contribution in [0, 0.1) is 17.7 Å². The smallest absolute Gasteiger partial charge is 0.339 e. The van der Waals surface area contributed by atoms with Crippen LogP contribution < -0.4 is 5.32 Å². The van der Waals surface area contributed by atoms with E-state index in [1.165, 1.54) is 0 Å². The predicted molar refractivity (Wildman–Crippen MR) is 86.1 cm³/mol. The van der Waals surface area contributed by atoms with Gasteiger partial charge in [-0.3, -0.25) is 4.79 Å². The van der Waals surface area contributed by atoms with Crippen LogP contribution in [0.5, 0.6) is 0 Å². The molecule has 2 atom stereocenters. The summed E-state index contributed by atoms with van der Waals surface area (Å²) in [6, 6.07) is 2.45. The van der Waals surface area contributed by atoms with E-state index < -0.39 is 17.6 Å². The molecule has 7 heteroatoms. The van der Waals surface area contributed by atoms with Gasteiger partial charge in [-0.1, -0.05) is 6.07 Å². The average molecular weight is 356 g/mol. The molecule has 0 bridgehead atoms. The molecule has 2 fully saturated rings. The standard InChI is InChI=1S/C18H20F4N2O/c19-15-3-1-12(16(9-15)18(20,21)22)2-4-17(25)24-7-5-13-10-23-11-14(13)6-8-24/h1-4,9,13-14,23H,5-8,10-11H2/b4-2+/t13-,14+. The molecule has 1 aromatic rings. The Labute approximate surface area is 143 Å². The fraction of sp³-hybridized carbons (Fsp3) is 0.500. The molecule has 2 heterocycles. The van der Waals surface area contributed by atoms with Crippen molar-refractivity contribution in [2.45, 2.75) is 19.0 Å². The van der Waals surface area contributed by atoms with Crippen LogP contribution in [0.2, 0.25) is 0 Å². The van der Waals surface area contributed by atoms with E-state index >= 15 is 0 Å². The number of carbonyl (C=O) groups is 1. The molecule has 136 valence electrons. The van der Waals surface area contributed by atoms with E-state index in [1.54, 1.807) is 4.90 Å². The zero-order valence-electron chi connectivity index (χ0n) is 13.7. The van der Waals surface area contributed by atoms with Crippen molar-refractivity contribution in [3.05, 3.63) is 41.2 Å². The molecular weight excluding hydrogens is 336 g/mol. The Morgan fingerprint density at radius 1 is 1.16 bits per heavy atom. The van der Waals surface area contributed by atoms with Gasteiger partial charge in [0.1, 0.15) is 5.82 Å². The van der Waals surface area contributed by atoms with Gasteiger partial charge in [-0.2, -0.15) is 13.2 Å². The lowest BCUT2D eigenvalue weighted by atomic mass is 9.92. The number of rotatable bonds is 2. The number of nitrogens with one attached hydrogen (secondary N) is 1. The Bertz CT molecular complexity index is 658. The topological polar surface area (TPSA) is 32.3 Å². The lowest BCUT2D eigenvalue weighted by Crippen LogP contribution is -2.31. The minimum Gasteiger partial charge on any atom is -0.339 e. The zero-order valence-corrected chi connectivity index (χ0v) is 13.7. The molecule has 2 aliphatic heterocycles. The van der Waals surface area contributed by atoms with E-state index in [-0.39, 0.29) is 11.5 Å². The van der Waals surface area contributed by atoms with Gasteiger partial charge in [-0.05, 0) is 61.5 Å². The van der Waals surface area contributed by atoms with E-state index in [1.807, 2.05) is 0 Å². The van der Waals surface area contributed by atoms with E-state index in [2.05, 4.69) is 5.32 Å². The molecular formula is C18H20F4N2O. The normalized spacial score (nSPS) is 24.4. The minimum absolute atomic E-state index is 0.210. The minimum atomic E-state index is -4.67. The Kier molecular flexibility index (Phi) is 5.13. The second-order valence-electron chi connectivity index (χ2n) is 6.64. The summed E-state index contributed by atoms with van der Waals surface area (Å²) in [7, 11) is 0. The Balaban J connectivity index is 1.71. The molecule has 1 aromatic carbocycles. The molecule has 3 nitrogen and oxygen atoms in total. The van der Waals surface area contributed by atoms with Crippen LogP contribution in [0.3, 0.4) is 0 Å². The number of nitrogens with zero attached hydrogens (tertiary/aromatic N) is 1. The van der Waals surface area contributed by atoms with Gasteiger partial charge in [0.2, 0.25) is 5.91 Å². The summed E-state index contributed by atoms with van der Waals surface area (Å²) >= 11 is 0. The molecule has 1 N–H and O–H groups in total. The van der Waals surface area contributed by atoms with Crippen molar-refractivity contribution >= 4 is 12.0 Å². The molecule has 0 unspecified atom stereocenters.